The molecule has 2 fully saturated rings. The molecule has 0 radical (unpaired) electrons. The molecule has 8 heteroatoms. The van der Waals surface area contributed by atoms with Gasteiger partial charge in [0.25, 0.3) is 0 Å². The molecule has 3 aliphatic rings. The number of β-amino-alcohol motifs (C(OH)–C–C–N with tert-alkyl or cyclic N) is 1. The number of carbonyl (C=O) groups is 2. The van der Waals surface area contributed by atoms with E-state index in [1.807, 2.05) is 18.3 Å². The number of aliphatic hydroxyl groups is 1. The first kappa shape index (κ1) is 21.6. The highest BCUT2D eigenvalue weighted by Gasteiger charge is 2.31. The van der Waals surface area contributed by atoms with E-state index in [1.54, 1.807) is 4.90 Å². The van der Waals surface area contributed by atoms with Crippen molar-refractivity contribution in [3.8, 4) is 5.88 Å². The number of pyridine rings is 1. The van der Waals surface area contributed by atoms with Crippen LogP contribution < -0.4 is 4.74 Å². The van der Waals surface area contributed by atoms with Crippen LogP contribution in [0.3, 0.4) is 0 Å². The van der Waals surface area contributed by atoms with Crippen molar-refractivity contribution in [3.63, 3.8) is 0 Å². The Labute approximate surface area is 182 Å². The molecule has 1 aromatic heterocycles. The normalized spacial score (nSPS) is 24.7. The van der Waals surface area contributed by atoms with E-state index in [4.69, 9.17) is 9.84 Å². The van der Waals surface area contributed by atoms with Gasteiger partial charge in [-0.25, -0.2) is 9.78 Å². The SMILES string of the molecule is O=C(O)N1CCC(COc2ccc(C3=CCC(C(=O)N4CC[C@@H](O)C4)CC3)cn2)CC1. The Balaban J connectivity index is 1.24. The fourth-order valence-corrected chi connectivity index (χ4v) is 4.67. The first-order valence-corrected chi connectivity index (χ1v) is 11.2. The van der Waals surface area contributed by atoms with Crippen LogP contribution >= 0.6 is 0 Å². The van der Waals surface area contributed by atoms with Crippen molar-refractivity contribution in [1.29, 1.82) is 0 Å². The fraction of sp³-hybridized carbons (Fsp3) is 0.609. The maximum atomic E-state index is 12.6. The summed E-state index contributed by atoms with van der Waals surface area (Å²) >= 11 is 0. The Bertz CT molecular complexity index is 817. The lowest BCUT2D eigenvalue weighted by atomic mass is 9.86. The smallest absolute Gasteiger partial charge is 0.407 e. The van der Waals surface area contributed by atoms with Crippen molar-refractivity contribution in [2.45, 2.75) is 44.6 Å². The number of aliphatic hydroxyl groups excluding tert-OH is 1. The van der Waals surface area contributed by atoms with E-state index in [-0.39, 0.29) is 17.9 Å². The Morgan fingerprint density at radius 3 is 2.45 bits per heavy atom. The number of aromatic nitrogens is 1. The molecule has 2 aliphatic heterocycles. The van der Waals surface area contributed by atoms with E-state index < -0.39 is 6.09 Å². The van der Waals surface area contributed by atoms with E-state index >= 15 is 0 Å². The van der Waals surface area contributed by atoms with Gasteiger partial charge in [0.1, 0.15) is 0 Å². The van der Waals surface area contributed by atoms with Crippen LogP contribution in [-0.4, -0.2) is 75.9 Å². The number of ether oxygens (including phenoxy) is 1. The number of amides is 2. The molecule has 0 bridgehead atoms. The molecule has 0 spiro atoms. The number of carboxylic acid groups (broad SMARTS) is 1. The lowest BCUT2D eigenvalue weighted by Crippen LogP contribution is -2.38. The van der Waals surface area contributed by atoms with Crippen molar-refractivity contribution < 1.29 is 24.5 Å². The molecule has 1 aliphatic carbocycles. The summed E-state index contributed by atoms with van der Waals surface area (Å²) < 4.78 is 5.83. The first-order valence-electron chi connectivity index (χ1n) is 11.2. The zero-order valence-corrected chi connectivity index (χ0v) is 17.8. The number of piperidine rings is 1. The van der Waals surface area contributed by atoms with E-state index in [2.05, 4.69) is 11.1 Å². The molecule has 2 saturated heterocycles. The maximum absolute atomic E-state index is 12.6. The molecule has 0 saturated carbocycles. The first-order chi connectivity index (χ1) is 15.0. The summed E-state index contributed by atoms with van der Waals surface area (Å²) in [6, 6.07) is 3.89. The van der Waals surface area contributed by atoms with Gasteiger partial charge < -0.3 is 24.7 Å². The second kappa shape index (κ2) is 9.68. The highest BCUT2D eigenvalue weighted by molar-refractivity contribution is 5.81. The summed E-state index contributed by atoms with van der Waals surface area (Å²) in [5.74, 6) is 1.12. The highest BCUT2D eigenvalue weighted by atomic mass is 16.5. The van der Waals surface area contributed by atoms with Gasteiger partial charge in [0, 0.05) is 44.4 Å². The van der Waals surface area contributed by atoms with Gasteiger partial charge in [0.15, 0.2) is 0 Å². The molecule has 4 rings (SSSR count). The van der Waals surface area contributed by atoms with E-state index in [0.29, 0.717) is 51.0 Å². The van der Waals surface area contributed by atoms with Crippen LogP contribution in [0.2, 0.25) is 0 Å². The molecule has 2 amide bonds. The number of rotatable bonds is 5. The minimum atomic E-state index is -0.848. The number of allylic oxidation sites excluding steroid dienone is 2. The summed E-state index contributed by atoms with van der Waals surface area (Å²) in [5.41, 5.74) is 2.27. The lowest BCUT2D eigenvalue weighted by Gasteiger charge is -2.29. The Morgan fingerprint density at radius 1 is 1.10 bits per heavy atom. The van der Waals surface area contributed by atoms with Crippen molar-refractivity contribution in [2.75, 3.05) is 32.8 Å². The molecule has 3 heterocycles. The number of hydrogen-bond donors (Lipinski definition) is 2. The molecule has 1 aromatic rings. The molecule has 0 aromatic carbocycles. The zero-order chi connectivity index (χ0) is 21.8. The summed E-state index contributed by atoms with van der Waals surface area (Å²) in [6.07, 6.45) is 7.46. The topological polar surface area (TPSA) is 103 Å². The van der Waals surface area contributed by atoms with Gasteiger partial charge in [-0.05, 0) is 61.6 Å². The van der Waals surface area contributed by atoms with Gasteiger partial charge >= 0.3 is 6.09 Å². The number of nitrogens with zero attached hydrogens (tertiary/aromatic N) is 3. The third-order valence-electron chi connectivity index (χ3n) is 6.69. The van der Waals surface area contributed by atoms with Crippen LogP contribution in [-0.2, 0) is 4.79 Å². The molecule has 31 heavy (non-hydrogen) atoms. The molecular formula is C23H31N3O5. The minimum Gasteiger partial charge on any atom is -0.477 e. The molecule has 8 nitrogen and oxygen atoms in total. The molecule has 2 atom stereocenters. The van der Waals surface area contributed by atoms with Crippen molar-refractivity contribution in [2.24, 2.45) is 11.8 Å². The third-order valence-corrected chi connectivity index (χ3v) is 6.69. The van der Waals surface area contributed by atoms with Gasteiger partial charge in [0.2, 0.25) is 11.8 Å². The van der Waals surface area contributed by atoms with Crippen molar-refractivity contribution in [3.05, 3.63) is 30.0 Å². The molecule has 2 N–H and O–H groups in total. The average molecular weight is 430 g/mol. The van der Waals surface area contributed by atoms with Gasteiger partial charge in [0.05, 0.1) is 12.7 Å². The van der Waals surface area contributed by atoms with Crippen molar-refractivity contribution >= 4 is 17.6 Å². The largest absolute Gasteiger partial charge is 0.477 e. The monoisotopic (exact) mass is 429 g/mol. The fourth-order valence-electron chi connectivity index (χ4n) is 4.67. The summed E-state index contributed by atoms with van der Waals surface area (Å²) in [7, 11) is 0. The maximum Gasteiger partial charge on any atom is 0.407 e. The Hall–Kier alpha value is -2.61. The Kier molecular flexibility index (Phi) is 6.75. The highest BCUT2D eigenvalue weighted by Crippen LogP contribution is 2.32. The predicted molar refractivity (Wildman–Crippen MR) is 115 cm³/mol. The average Bonchev–Trinajstić information content (AvgIpc) is 3.24. The second-order valence-corrected chi connectivity index (χ2v) is 8.84. The minimum absolute atomic E-state index is 0.0113. The van der Waals surface area contributed by atoms with Crippen molar-refractivity contribution in [1.82, 2.24) is 14.8 Å². The summed E-state index contributed by atoms with van der Waals surface area (Å²) in [4.78, 5) is 31.3. The third kappa shape index (κ3) is 5.36. The van der Waals surface area contributed by atoms with E-state index in [0.717, 1.165) is 37.7 Å². The zero-order valence-electron chi connectivity index (χ0n) is 17.8. The molecule has 1 unspecified atom stereocenters. The van der Waals surface area contributed by atoms with E-state index in [9.17, 15) is 14.7 Å². The molecular weight excluding hydrogens is 398 g/mol. The second-order valence-electron chi connectivity index (χ2n) is 8.84. The summed E-state index contributed by atoms with van der Waals surface area (Å²) in [6.45, 7) is 2.81. The lowest BCUT2D eigenvalue weighted by molar-refractivity contribution is -0.135. The van der Waals surface area contributed by atoms with Gasteiger partial charge in [-0.1, -0.05) is 6.08 Å². The standard InChI is InChI=1S/C23H31N3O5/c27-20-9-12-26(14-20)22(28)18-3-1-17(2-4-18)19-5-6-21(24-13-19)31-15-16-7-10-25(11-8-16)23(29)30/h1,5-6,13,16,18,20,27H,2-4,7-12,14-15H2,(H,29,30)/t18?,20-/m1/s1. The number of likely N-dealkylation sites (tertiary alicyclic amines) is 2. The van der Waals surface area contributed by atoms with Crippen LogP contribution in [0.4, 0.5) is 4.79 Å². The van der Waals surface area contributed by atoms with Gasteiger partial charge in [-0.3, -0.25) is 4.79 Å². The van der Waals surface area contributed by atoms with Gasteiger partial charge in [-0.2, -0.15) is 0 Å². The van der Waals surface area contributed by atoms with Crippen LogP contribution in [0, 0.1) is 11.8 Å². The van der Waals surface area contributed by atoms with Crippen LogP contribution in [0.1, 0.15) is 44.1 Å². The van der Waals surface area contributed by atoms with Gasteiger partial charge in [-0.15, -0.1) is 0 Å². The summed E-state index contributed by atoms with van der Waals surface area (Å²) in [5, 5.41) is 18.7. The van der Waals surface area contributed by atoms with Crippen LogP contribution in [0.25, 0.3) is 5.57 Å². The number of carbonyl (C=O) groups excluding carboxylic acids is 1. The Morgan fingerprint density at radius 2 is 1.87 bits per heavy atom. The molecule has 168 valence electrons. The number of hydrogen-bond acceptors (Lipinski definition) is 5. The predicted octanol–water partition coefficient (Wildman–Crippen LogP) is 2.63. The van der Waals surface area contributed by atoms with Crippen LogP contribution in [0.15, 0.2) is 24.4 Å². The van der Waals surface area contributed by atoms with E-state index in [1.165, 1.54) is 10.5 Å². The quantitative estimate of drug-likeness (QED) is 0.746. The van der Waals surface area contributed by atoms with Crippen LogP contribution in [0.5, 0.6) is 5.88 Å².